The molecule has 2 rings (SSSR count). The molecule has 0 amide bonds. The maximum absolute atomic E-state index is 9.85. The Bertz CT molecular complexity index is 309. The highest BCUT2D eigenvalue weighted by molar-refractivity contribution is 7.98. The summed E-state index contributed by atoms with van der Waals surface area (Å²) in [5, 5.41) is 9.85. The first-order valence-corrected chi connectivity index (χ1v) is 5.78. The molecule has 0 saturated heterocycles. The summed E-state index contributed by atoms with van der Waals surface area (Å²) in [6, 6.07) is 6.38. The Labute approximate surface area is 83.2 Å². The lowest BCUT2D eigenvalue weighted by Crippen LogP contribution is -1.99. The van der Waals surface area contributed by atoms with Crippen LogP contribution in [-0.2, 0) is 5.75 Å². The molecule has 1 aromatic rings. The first-order valence-electron chi connectivity index (χ1n) is 4.62. The Morgan fingerprint density at radius 1 is 1.46 bits per heavy atom. The van der Waals surface area contributed by atoms with Crippen molar-refractivity contribution in [3.63, 3.8) is 0 Å². The molecule has 1 atom stereocenters. The highest BCUT2D eigenvalue weighted by Crippen LogP contribution is 2.30. The van der Waals surface area contributed by atoms with E-state index in [-0.39, 0.29) is 6.10 Å². The Balaban J connectivity index is 2.43. The first kappa shape index (κ1) is 9.10. The van der Waals surface area contributed by atoms with E-state index < -0.39 is 0 Å². The molecule has 0 unspecified atom stereocenters. The van der Waals surface area contributed by atoms with Crippen molar-refractivity contribution in [3.05, 3.63) is 34.9 Å². The van der Waals surface area contributed by atoms with Crippen LogP contribution in [0.4, 0.5) is 0 Å². The summed E-state index contributed by atoms with van der Waals surface area (Å²) in [5.41, 5.74) is 3.69. The number of aryl methyl sites for hydroxylation is 1. The number of hydrogen-bond acceptors (Lipinski definition) is 2. The van der Waals surface area contributed by atoms with E-state index in [4.69, 9.17) is 0 Å². The molecule has 1 aromatic carbocycles. The molecule has 0 aliphatic carbocycles. The third-order valence-electron chi connectivity index (χ3n) is 2.45. The fourth-order valence-corrected chi connectivity index (χ4v) is 2.71. The van der Waals surface area contributed by atoms with Gasteiger partial charge in [0, 0.05) is 5.75 Å². The third kappa shape index (κ3) is 1.89. The zero-order valence-corrected chi connectivity index (χ0v) is 8.60. The zero-order chi connectivity index (χ0) is 9.26. The van der Waals surface area contributed by atoms with Crippen LogP contribution in [0.1, 0.15) is 29.2 Å². The summed E-state index contributed by atoms with van der Waals surface area (Å²) in [7, 11) is 0. The molecule has 13 heavy (non-hydrogen) atoms. The monoisotopic (exact) mass is 194 g/mol. The van der Waals surface area contributed by atoms with Gasteiger partial charge >= 0.3 is 0 Å². The summed E-state index contributed by atoms with van der Waals surface area (Å²) in [6.07, 6.45) is 0.645. The normalized spacial score (nSPS) is 22.2. The topological polar surface area (TPSA) is 20.2 Å². The fraction of sp³-hybridized carbons (Fsp3) is 0.455. The van der Waals surface area contributed by atoms with Gasteiger partial charge in [-0.1, -0.05) is 23.8 Å². The fourth-order valence-electron chi connectivity index (χ4n) is 1.69. The van der Waals surface area contributed by atoms with Crippen LogP contribution >= 0.6 is 11.8 Å². The molecule has 70 valence electrons. The summed E-state index contributed by atoms with van der Waals surface area (Å²) in [4.78, 5) is 0. The molecule has 1 aliphatic heterocycles. The quantitative estimate of drug-likeness (QED) is 0.685. The summed E-state index contributed by atoms with van der Waals surface area (Å²) >= 11 is 1.91. The lowest BCUT2D eigenvalue weighted by atomic mass is 9.99. The molecule has 1 aliphatic rings. The molecule has 2 heteroatoms. The van der Waals surface area contributed by atoms with E-state index in [1.165, 1.54) is 11.1 Å². The standard InChI is InChI=1S/C11H14OS/c1-8-2-3-9-7-13-5-4-11(12)10(9)6-8/h2-3,6,11-12H,4-5,7H2,1H3/t11-/m0/s1. The minimum absolute atomic E-state index is 0.245. The van der Waals surface area contributed by atoms with Gasteiger partial charge in [-0.2, -0.15) is 11.8 Å². The van der Waals surface area contributed by atoms with Crippen LogP contribution < -0.4 is 0 Å². The molecular formula is C11H14OS. The van der Waals surface area contributed by atoms with Crippen molar-refractivity contribution in [2.75, 3.05) is 5.75 Å². The van der Waals surface area contributed by atoms with Crippen molar-refractivity contribution in [1.29, 1.82) is 0 Å². The predicted octanol–water partition coefficient (Wildman–Crippen LogP) is 2.67. The molecule has 1 nitrogen and oxygen atoms in total. The largest absolute Gasteiger partial charge is 0.388 e. The number of benzene rings is 1. The van der Waals surface area contributed by atoms with Gasteiger partial charge in [-0.05, 0) is 30.2 Å². The molecule has 0 radical (unpaired) electrons. The van der Waals surface area contributed by atoms with Crippen LogP contribution in [0.15, 0.2) is 18.2 Å². The van der Waals surface area contributed by atoms with Crippen LogP contribution in [0.2, 0.25) is 0 Å². The molecule has 0 aromatic heterocycles. The van der Waals surface area contributed by atoms with Crippen LogP contribution in [-0.4, -0.2) is 10.9 Å². The van der Waals surface area contributed by atoms with Crippen LogP contribution in [0.5, 0.6) is 0 Å². The van der Waals surface area contributed by atoms with Gasteiger partial charge in [0.2, 0.25) is 0 Å². The SMILES string of the molecule is Cc1ccc2c(c1)[C@@H](O)CCSC2. The van der Waals surface area contributed by atoms with E-state index in [1.807, 2.05) is 11.8 Å². The number of hydrogen-bond donors (Lipinski definition) is 1. The number of aliphatic hydroxyl groups excluding tert-OH is 1. The number of thioether (sulfide) groups is 1. The maximum Gasteiger partial charge on any atom is 0.0801 e. The van der Waals surface area contributed by atoms with Gasteiger partial charge in [-0.3, -0.25) is 0 Å². The number of aliphatic hydroxyl groups is 1. The van der Waals surface area contributed by atoms with Gasteiger partial charge in [0.05, 0.1) is 6.10 Å². The van der Waals surface area contributed by atoms with E-state index >= 15 is 0 Å². The van der Waals surface area contributed by atoms with Crippen molar-refractivity contribution in [2.45, 2.75) is 25.2 Å². The molecule has 0 saturated carbocycles. The smallest absolute Gasteiger partial charge is 0.0801 e. The van der Waals surface area contributed by atoms with E-state index in [0.717, 1.165) is 23.5 Å². The highest BCUT2D eigenvalue weighted by Gasteiger charge is 2.15. The van der Waals surface area contributed by atoms with Crippen molar-refractivity contribution in [3.8, 4) is 0 Å². The average Bonchev–Trinajstić information content (AvgIpc) is 2.29. The second-order valence-corrected chi connectivity index (χ2v) is 4.66. The van der Waals surface area contributed by atoms with Gasteiger partial charge in [0.25, 0.3) is 0 Å². The van der Waals surface area contributed by atoms with Crippen molar-refractivity contribution in [1.82, 2.24) is 0 Å². The Kier molecular flexibility index (Phi) is 2.61. The molecule has 1 N–H and O–H groups in total. The molecule has 1 heterocycles. The molecule has 0 bridgehead atoms. The van der Waals surface area contributed by atoms with E-state index in [9.17, 15) is 5.11 Å². The summed E-state index contributed by atoms with van der Waals surface area (Å²) < 4.78 is 0. The lowest BCUT2D eigenvalue weighted by molar-refractivity contribution is 0.175. The van der Waals surface area contributed by atoms with Crippen molar-refractivity contribution < 1.29 is 5.11 Å². The molecular weight excluding hydrogens is 180 g/mol. The minimum Gasteiger partial charge on any atom is -0.388 e. The Morgan fingerprint density at radius 2 is 2.31 bits per heavy atom. The van der Waals surface area contributed by atoms with Gasteiger partial charge < -0.3 is 5.11 Å². The highest BCUT2D eigenvalue weighted by atomic mass is 32.2. The van der Waals surface area contributed by atoms with E-state index in [1.54, 1.807) is 0 Å². The zero-order valence-electron chi connectivity index (χ0n) is 7.79. The van der Waals surface area contributed by atoms with Gasteiger partial charge in [0.15, 0.2) is 0 Å². The molecule has 0 spiro atoms. The van der Waals surface area contributed by atoms with Gasteiger partial charge in [-0.15, -0.1) is 0 Å². The van der Waals surface area contributed by atoms with E-state index in [2.05, 4.69) is 25.1 Å². The van der Waals surface area contributed by atoms with E-state index in [0.29, 0.717) is 0 Å². The number of rotatable bonds is 0. The minimum atomic E-state index is -0.245. The first-order chi connectivity index (χ1) is 6.27. The van der Waals surface area contributed by atoms with Gasteiger partial charge in [0.1, 0.15) is 0 Å². The summed E-state index contributed by atoms with van der Waals surface area (Å²) in [5.74, 6) is 2.11. The van der Waals surface area contributed by atoms with Crippen LogP contribution in [0, 0.1) is 6.92 Å². The number of fused-ring (bicyclic) bond motifs is 1. The summed E-state index contributed by atoms with van der Waals surface area (Å²) in [6.45, 7) is 2.07. The van der Waals surface area contributed by atoms with Crippen LogP contribution in [0.25, 0.3) is 0 Å². The Morgan fingerprint density at radius 3 is 3.15 bits per heavy atom. The van der Waals surface area contributed by atoms with Crippen molar-refractivity contribution >= 4 is 11.8 Å². The lowest BCUT2D eigenvalue weighted by Gasteiger charge is -2.11. The average molecular weight is 194 g/mol. The van der Waals surface area contributed by atoms with Crippen LogP contribution in [0.3, 0.4) is 0 Å². The Hall–Kier alpha value is -0.470. The second kappa shape index (κ2) is 3.72. The van der Waals surface area contributed by atoms with Crippen molar-refractivity contribution in [2.24, 2.45) is 0 Å². The van der Waals surface area contributed by atoms with Gasteiger partial charge in [-0.25, -0.2) is 0 Å². The predicted molar refractivity (Wildman–Crippen MR) is 56.9 cm³/mol. The second-order valence-electron chi connectivity index (χ2n) is 3.56. The maximum atomic E-state index is 9.85. The molecule has 0 fully saturated rings. The third-order valence-corrected chi connectivity index (χ3v) is 3.49.